The minimum atomic E-state index is -0.886. The number of hydrogen-bond acceptors (Lipinski definition) is 5. The Bertz CT molecular complexity index is 1420. The van der Waals surface area contributed by atoms with Crippen molar-refractivity contribution in [2.24, 2.45) is 5.73 Å². The van der Waals surface area contributed by atoms with E-state index in [9.17, 15) is 14.4 Å². The molecule has 1 saturated heterocycles. The second-order valence-corrected chi connectivity index (χ2v) is 12.8. The highest BCUT2D eigenvalue weighted by molar-refractivity contribution is 6.30. The van der Waals surface area contributed by atoms with E-state index in [4.69, 9.17) is 17.3 Å². The highest BCUT2D eigenvalue weighted by Gasteiger charge is 2.42. The summed E-state index contributed by atoms with van der Waals surface area (Å²) in [5, 5.41) is 3.58. The number of carbonyl (C=O) groups is 3. The lowest BCUT2D eigenvalue weighted by Gasteiger charge is -2.51. The number of nitrogens with one attached hydrogen (secondary N) is 1. The van der Waals surface area contributed by atoms with Gasteiger partial charge in [-0.15, -0.1) is 0 Å². The third kappa shape index (κ3) is 8.12. The fourth-order valence-corrected chi connectivity index (χ4v) is 6.95. The van der Waals surface area contributed by atoms with E-state index in [2.05, 4.69) is 10.2 Å². The van der Waals surface area contributed by atoms with E-state index in [1.807, 2.05) is 82.6 Å². The van der Waals surface area contributed by atoms with Gasteiger partial charge < -0.3 is 20.9 Å². The first kappa shape index (κ1) is 32.7. The number of anilines is 1. The summed E-state index contributed by atoms with van der Waals surface area (Å²) in [6, 6.07) is 24.7. The Morgan fingerprint density at radius 3 is 2.07 bits per heavy atom. The Balaban J connectivity index is 1.30. The molecule has 1 heterocycles. The summed E-state index contributed by atoms with van der Waals surface area (Å²) in [6.07, 6.45) is 5.81. The van der Waals surface area contributed by atoms with Gasteiger partial charge in [0.05, 0.1) is 0 Å². The minimum absolute atomic E-state index is 0.0365. The monoisotopic (exact) mass is 629 g/mol. The molecule has 5 rings (SSSR count). The highest BCUT2D eigenvalue weighted by Crippen LogP contribution is 2.36. The number of para-hydroxylation sites is 1. The second-order valence-electron chi connectivity index (χ2n) is 12.3. The number of rotatable bonds is 10. The Kier molecular flexibility index (Phi) is 10.9. The molecule has 0 aromatic heterocycles. The van der Waals surface area contributed by atoms with Crippen LogP contribution in [-0.2, 0) is 20.8 Å². The molecule has 3 aromatic rings. The van der Waals surface area contributed by atoms with Crippen molar-refractivity contribution in [2.45, 2.75) is 63.1 Å². The fourth-order valence-electron chi connectivity index (χ4n) is 6.82. The number of carbonyl (C=O) groups excluding carboxylic acids is 3. The molecule has 2 aliphatic rings. The predicted molar refractivity (Wildman–Crippen MR) is 179 cm³/mol. The van der Waals surface area contributed by atoms with E-state index in [-0.39, 0.29) is 17.4 Å². The molecule has 1 saturated carbocycles. The Morgan fingerprint density at radius 2 is 1.47 bits per heavy atom. The van der Waals surface area contributed by atoms with E-state index in [0.29, 0.717) is 49.7 Å². The summed E-state index contributed by atoms with van der Waals surface area (Å²) in [5.41, 5.74) is 8.67. The van der Waals surface area contributed by atoms with Gasteiger partial charge in [-0.2, -0.15) is 0 Å². The van der Waals surface area contributed by atoms with Gasteiger partial charge in [-0.1, -0.05) is 91.5 Å². The quantitative estimate of drug-likeness (QED) is 0.330. The molecule has 2 fully saturated rings. The van der Waals surface area contributed by atoms with Crippen LogP contribution in [0, 0.1) is 0 Å². The summed E-state index contributed by atoms with van der Waals surface area (Å²) in [4.78, 5) is 46.5. The van der Waals surface area contributed by atoms with Crippen molar-refractivity contribution in [1.82, 2.24) is 15.1 Å². The van der Waals surface area contributed by atoms with Gasteiger partial charge in [-0.3, -0.25) is 19.3 Å². The van der Waals surface area contributed by atoms with Gasteiger partial charge in [0.15, 0.2) is 0 Å². The summed E-state index contributed by atoms with van der Waals surface area (Å²) >= 11 is 6.11. The van der Waals surface area contributed by atoms with E-state index in [0.717, 1.165) is 36.9 Å². The van der Waals surface area contributed by atoms with Crippen LogP contribution in [0.5, 0.6) is 0 Å². The number of benzene rings is 3. The maximum absolute atomic E-state index is 14.1. The zero-order chi connectivity index (χ0) is 31.8. The average molecular weight is 630 g/mol. The molecular formula is C36H44ClN5O3. The molecule has 0 bridgehead atoms. The largest absolute Gasteiger partial charge is 0.342 e. The van der Waals surface area contributed by atoms with Crippen LogP contribution < -0.4 is 16.0 Å². The lowest BCUT2D eigenvalue weighted by molar-refractivity contribution is -0.139. The van der Waals surface area contributed by atoms with Crippen LogP contribution in [-0.4, -0.2) is 71.8 Å². The summed E-state index contributed by atoms with van der Waals surface area (Å²) in [7, 11) is 0. The van der Waals surface area contributed by atoms with Crippen molar-refractivity contribution in [1.29, 1.82) is 0 Å². The molecular weight excluding hydrogens is 586 g/mol. The van der Waals surface area contributed by atoms with Crippen molar-refractivity contribution in [3.05, 3.63) is 101 Å². The van der Waals surface area contributed by atoms with E-state index < -0.39 is 18.0 Å². The molecule has 2 atom stereocenters. The molecule has 238 valence electrons. The number of nitrogens with two attached hydrogens (primary N) is 1. The third-order valence-corrected chi connectivity index (χ3v) is 9.61. The van der Waals surface area contributed by atoms with E-state index >= 15 is 0 Å². The first-order valence-corrected chi connectivity index (χ1v) is 16.4. The molecule has 3 aromatic carbocycles. The zero-order valence-corrected chi connectivity index (χ0v) is 26.8. The van der Waals surface area contributed by atoms with Crippen LogP contribution in [0.2, 0.25) is 5.02 Å². The summed E-state index contributed by atoms with van der Waals surface area (Å²) < 4.78 is 0. The van der Waals surface area contributed by atoms with Crippen LogP contribution in [0.25, 0.3) is 0 Å². The molecule has 9 heteroatoms. The molecule has 1 aliphatic heterocycles. The molecule has 45 heavy (non-hydrogen) atoms. The smallest absolute Gasteiger partial charge is 0.245 e. The molecule has 3 amide bonds. The SMILES string of the molecule is CC(=O)N(CC1(N2CCN(C(=O)C(Cc3ccc(Cl)cc3)NC(=O)C(N)c3ccccc3)CC2)CCCCC1)c1ccccc1. The summed E-state index contributed by atoms with van der Waals surface area (Å²) in [5.74, 6) is -0.474. The zero-order valence-electron chi connectivity index (χ0n) is 26.0. The van der Waals surface area contributed by atoms with Crippen LogP contribution in [0.3, 0.4) is 0 Å². The summed E-state index contributed by atoms with van der Waals surface area (Å²) in [6.45, 7) is 4.77. The van der Waals surface area contributed by atoms with Gasteiger partial charge >= 0.3 is 0 Å². The highest BCUT2D eigenvalue weighted by atomic mass is 35.5. The van der Waals surface area contributed by atoms with Crippen LogP contribution in [0.1, 0.15) is 56.2 Å². The van der Waals surface area contributed by atoms with Gasteiger partial charge in [0.25, 0.3) is 0 Å². The minimum Gasteiger partial charge on any atom is -0.342 e. The van der Waals surface area contributed by atoms with Gasteiger partial charge in [0, 0.05) is 62.3 Å². The molecule has 0 spiro atoms. The van der Waals surface area contributed by atoms with Gasteiger partial charge in [0.2, 0.25) is 17.7 Å². The van der Waals surface area contributed by atoms with Crippen molar-refractivity contribution in [3.8, 4) is 0 Å². The van der Waals surface area contributed by atoms with Crippen molar-refractivity contribution in [3.63, 3.8) is 0 Å². The molecule has 8 nitrogen and oxygen atoms in total. The molecule has 2 unspecified atom stereocenters. The number of piperazine rings is 1. The Hall–Kier alpha value is -3.72. The van der Waals surface area contributed by atoms with Crippen molar-refractivity contribution >= 4 is 35.0 Å². The normalized spacial score (nSPS) is 18.1. The number of nitrogens with zero attached hydrogens (tertiary/aromatic N) is 3. The fraction of sp³-hybridized carbons (Fsp3) is 0.417. The van der Waals surface area contributed by atoms with Crippen LogP contribution in [0.15, 0.2) is 84.9 Å². The van der Waals surface area contributed by atoms with Crippen LogP contribution >= 0.6 is 11.6 Å². The first-order chi connectivity index (χ1) is 21.8. The second kappa shape index (κ2) is 15.0. The topological polar surface area (TPSA) is 99.0 Å². The van der Waals surface area contributed by atoms with E-state index in [1.165, 1.54) is 6.42 Å². The number of amides is 3. The number of hydrogen-bond donors (Lipinski definition) is 2. The lowest BCUT2D eigenvalue weighted by Crippen LogP contribution is -2.64. The van der Waals surface area contributed by atoms with Crippen molar-refractivity contribution < 1.29 is 14.4 Å². The molecule has 3 N–H and O–H groups in total. The van der Waals surface area contributed by atoms with Crippen LogP contribution in [0.4, 0.5) is 5.69 Å². The maximum Gasteiger partial charge on any atom is 0.245 e. The van der Waals surface area contributed by atoms with Gasteiger partial charge in [-0.25, -0.2) is 0 Å². The van der Waals surface area contributed by atoms with E-state index in [1.54, 1.807) is 19.1 Å². The standard InChI is InChI=1S/C36H44ClN5O3/c1-27(43)42(31-13-7-3-8-14-31)26-36(19-9-4-10-20-36)41-23-21-40(22-24-41)35(45)32(25-28-15-17-30(37)18-16-28)39-34(44)33(38)29-11-5-2-6-12-29/h2-3,5-8,11-18,32-33H,4,9-10,19-26,38H2,1H3,(H,39,44). The average Bonchev–Trinajstić information content (AvgIpc) is 3.08. The van der Waals surface area contributed by atoms with Gasteiger partial charge in [0.1, 0.15) is 12.1 Å². The van der Waals surface area contributed by atoms with Gasteiger partial charge in [-0.05, 0) is 48.2 Å². The maximum atomic E-state index is 14.1. The number of halogens is 1. The Labute approximate surface area is 271 Å². The van der Waals surface area contributed by atoms with Crippen molar-refractivity contribution in [2.75, 3.05) is 37.6 Å². The lowest BCUT2D eigenvalue weighted by atomic mass is 9.79. The predicted octanol–water partition coefficient (Wildman–Crippen LogP) is 4.97. The molecule has 0 radical (unpaired) electrons. The molecule has 1 aliphatic carbocycles. The Morgan fingerprint density at radius 1 is 0.867 bits per heavy atom. The first-order valence-electron chi connectivity index (χ1n) is 16.0. The third-order valence-electron chi connectivity index (χ3n) is 9.36.